The number of aliphatic imine (C=N–C) groups is 1. The molecule has 2 atom stereocenters. The van der Waals surface area contributed by atoms with Gasteiger partial charge in [-0.1, -0.05) is 54.6 Å². The Kier molecular flexibility index (Phi) is 5.28. The standard InChI is InChI=1S/C21H24Cl2N2O/c1-26-17-9-7-15(8-10-17)20-12-19(14-5-3-2-4-6-14)24-21-18(23)11-16(22)13-25(20)21/h7-11,13-14,19-20H,2-6,12H2,1H3. The largest absolute Gasteiger partial charge is 0.497 e. The normalized spacial score (nSPS) is 26.6. The topological polar surface area (TPSA) is 24.8 Å². The van der Waals surface area contributed by atoms with Crippen molar-refractivity contribution in [1.29, 1.82) is 0 Å². The molecular weight excluding hydrogens is 367 g/mol. The molecule has 4 rings (SSSR count). The van der Waals surface area contributed by atoms with Crippen molar-refractivity contribution in [2.24, 2.45) is 10.9 Å². The van der Waals surface area contributed by atoms with E-state index in [-0.39, 0.29) is 6.04 Å². The lowest BCUT2D eigenvalue weighted by Crippen LogP contribution is -2.41. The van der Waals surface area contributed by atoms with Crippen LogP contribution in [0.1, 0.15) is 50.1 Å². The van der Waals surface area contributed by atoms with Crippen LogP contribution in [0.2, 0.25) is 0 Å². The summed E-state index contributed by atoms with van der Waals surface area (Å²) < 4.78 is 5.31. The summed E-state index contributed by atoms with van der Waals surface area (Å²) >= 11 is 12.8. The Balaban J connectivity index is 1.69. The number of hydrogen-bond donors (Lipinski definition) is 0. The van der Waals surface area contributed by atoms with Crippen molar-refractivity contribution in [3.63, 3.8) is 0 Å². The molecule has 1 aliphatic carbocycles. The second kappa shape index (κ2) is 7.66. The van der Waals surface area contributed by atoms with Crippen molar-refractivity contribution < 1.29 is 4.74 Å². The molecule has 2 unspecified atom stereocenters. The minimum atomic E-state index is 0.191. The number of allylic oxidation sites excluding steroid dienone is 2. The molecular formula is C21H24Cl2N2O. The highest BCUT2D eigenvalue weighted by Gasteiger charge is 2.37. The van der Waals surface area contributed by atoms with Gasteiger partial charge in [0.1, 0.15) is 11.6 Å². The zero-order valence-electron chi connectivity index (χ0n) is 15.0. The van der Waals surface area contributed by atoms with Gasteiger partial charge in [0, 0.05) is 6.20 Å². The van der Waals surface area contributed by atoms with Gasteiger partial charge in [0.05, 0.1) is 29.3 Å². The van der Waals surface area contributed by atoms with Crippen LogP contribution in [-0.2, 0) is 0 Å². The van der Waals surface area contributed by atoms with E-state index in [1.54, 1.807) is 13.2 Å². The van der Waals surface area contributed by atoms with E-state index in [0.717, 1.165) is 18.0 Å². The maximum atomic E-state index is 6.53. The molecule has 0 spiro atoms. The Bertz CT molecular complexity index is 748. The number of benzene rings is 1. The predicted molar refractivity (Wildman–Crippen MR) is 108 cm³/mol. The first kappa shape index (κ1) is 17.9. The number of methoxy groups -OCH3 is 1. The second-order valence-electron chi connectivity index (χ2n) is 7.36. The van der Waals surface area contributed by atoms with Crippen LogP contribution in [0.4, 0.5) is 0 Å². The highest BCUT2D eigenvalue weighted by atomic mass is 35.5. The van der Waals surface area contributed by atoms with Crippen molar-refractivity contribution in [2.75, 3.05) is 7.11 Å². The molecule has 1 aromatic rings. The summed E-state index contributed by atoms with van der Waals surface area (Å²) in [6.07, 6.45) is 11.3. The summed E-state index contributed by atoms with van der Waals surface area (Å²) in [4.78, 5) is 7.21. The first-order chi connectivity index (χ1) is 12.7. The minimum absolute atomic E-state index is 0.191. The molecule has 1 aromatic carbocycles. The maximum absolute atomic E-state index is 6.53. The molecule has 0 bridgehead atoms. The molecule has 26 heavy (non-hydrogen) atoms. The van der Waals surface area contributed by atoms with Crippen molar-refractivity contribution in [2.45, 2.75) is 50.6 Å². The van der Waals surface area contributed by atoms with Crippen LogP contribution in [0.25, 0.3) is 0 Å². The van der Waals surface area contributed by atoms with Gasteiger partial charge in [-0.25, -0.2) is 0 Å². The number of amidine groups is 1. The minimum Gasteiger partial charge on any atom is -0.497 e. The SMILES string of the molecule is COc1ccc(C2CC(C3CCCCC3)N=C3C(Cl)=CC(Cl)=CN32)cc1. The van der Waals surface area contributed by atoms with E-state index >= 15 is 0 Å². The van der Waals surface area contributed by atoms with Crippen LogP contribution in [0.3, 0.4) is 0 Å². The molecule has 0 radical (unpaired) electrons. The Labute approximate surface area is 165 Å². The van der Waals surface area contributed by atoms with Crippen LogP contribution >= 0.6 is 23.2 Å². The summed E-state index contributed by atoms with van der Waals surface area (Å²) in [6, 6.07) is 8.82. The van der Waals surface area contributed by atoms with Crippen molar-refractivity contribution in [1.82, 2.24) is 4.90 Å². The third-order valence-corrected chi connectivity index (χ3v) is 6.25. The van der Waals surface area contributed by atoms with Gasteiger partial charge in [0.25, 0.3) is 0 Å². The van der Waals surface area contributed by atoms with E-state index in [2.05, 4.69) is 17.0 Å². The first-order valence-electron chi connectivity index (χ1n) is 9.40. The molecule has 1 fully saturated rings. The Morgan fingerprint density at radius 3 is 2.50 bits per heavy atom. The number of ether oxygens (including phenoxy) is 1. The zero-order valence-corrected chi connectivity index (χ0v) is 16.5. The van der Waals surface area contributed by atoms with Crippen LogP contribution in [0.5, 0.6) is 5.75 Å². The van der Waals surface area contributed by atoms with Gasteiger partial charge in [0.15, 0.2) is 0 Å². The molecule has 2 heterocycles. The smallest absolute Gasteiger partial charge is 0.147 e. The molecule has 0 N–H and O–H groups in total. The van der Waals surface area contributed by atoms with Gasteiger partial charge in [0.2, 0.25) is 0 Å². The Morgan fingerprint density at radius 1 is 1.08 bits per heavy atom. The van der Waals surface area contributed by atoms with Crippen LogP contribution in [0, 0.1) is 5.92 Å². The van der Waals surface area contributed by atoms with Crippen LogP contribution in [-0.4, -0.2) is 23.9 Å². The van der Waals surface area contributed by atoms with Crippen LogP contribution in [0.15, 0.2) is 51.6 Å². The third kappa shape index (κ3) is 3.52. The number of halogens is 2. The number of hydrogen-bond acceptors (Lipinski definition) is 3. The van der Waals surface area contributed by atoms with E-state index in [1.165, 1.54) is 37.7 Å². The first-order valence-corrected chi connectivity index (χ1v) is 10.2. The van der Waals surface area contributed by atoms with Gasteiger partial charge in [-0.15, -0.1) is 0 Å². The van der Waals surface area contributed by atoms with Gasteiger partial charge in [-0.3, -0.25) is 4.99 Å². The summed E-state index contributed by atoms with van der Waals surface area (Å²) in [5.41, 5.74) is 1.24. The Morgan fingerprint density at radius 2 is 1.81 bits per heavy atom. The lowest BCUT2D eigenvalue weighted by molar-refractivity contribution is 0.238. The van der Waals surface area contributed by atoms with E-state index in [9.17, 15) is 0 Å². The lowest BCUT2D eigenvalue weighted by Gasteiger charge is -2.42. The van der Waals surface area contributed by atoms with Crippen LogP contribution < -0.4 is 4.74 Å². The average Bonchev–Trinajstić information content (AvgIpc) is 2.68. The molecule has 3 aliphatic rings. The monoisotopic (exact) mass is 390 g/mol. The summed E-state index contributed by atoms with van der Waals surface area (Å²) in [6.45, 7) is 0. The van der Waals surface area contributed by atoms with Crippen molar-refractivity contribution in [3.05, 3.63) is 52.2 Å². The molecule has 2 aliphatic heterocycles. The molecule has 1 saturated carbocycles. The van der Waals surface area contributed by atoms with E-state index < -0.39 is 0 Å². The quantitative estimate of drug-likeness (QED) is 0.631. The van der Waals surface area contributed by atoms with Gasteiger partial charge in [-0.05, 0) is 49.0 Å². The second-order valence-corrected chi connectivity index (χ2v) is 8.20. The van der Waals surface area contributed by atoms with Crippen molar-refractivity contribution >= 4 is 29.0 Å². The van der Waals surface area contributed by atoms with Crippen molar-refractivity contribution in [3.8, 4) is 5.75 Å². The fourth-order valence-corrected chi connectivity index (χ4v) is 4.93. The summed E-state index contributed by atoms with van der Waals surface area (Å²) in [7, 11) is 1.69. The molecule has 5 heteroatoms. The highest BCUT2D eigenvalue weighted by molar-refractivity contribution is 6.45. The predicted octanol–water partition coefficient (Wildman–Crippen LogP) is 6.01. The molecule has 0 aromatic heterocycles. The van der Waals surface area contributed by atoms with E-state index in [0.29, 0.717) is 22.0 Å². The molecule has 138 valence electrons. The zero-order chi connectivity index (χ0) is 18.1. The number of nitrogens with zero attached hydrogens (tertiary/aromatic N) is 2. The fourth-order valence-electron chi connectivity index (χ4n) is 4.40. The van der Waals surface area contributed by atoms with E-state index in [1.807, 2.05) is 18.3 Å². The van der Waals surface area contributed by atoms with Gasteiger partial charge in [-0.2, -0.15) is 0 Å². The number of fused-ring (bicyclic) bond motifs is 1. The van der Waals surface area contributed by atoms with E-state index in [4.69, 9.17) is 32.9 Å². The fraction of sp³-hybridized carbons (Fsp3) is 0.476. The average molecular weight is 391 g/mol. The Hall–Kier alpha value is -1.45. The summed E-state index contributed by atoms with van der Waals surface area (Å²) in [5, 5.41) is 1.28. The summed E-state index contributed by atoms with van der Waals surface area (Å²) in [5.74, 6) is 2.39. The molecule has 3 nitrogen and oxygen atoms in total. The van der Waals surface area contributed by atoms with Gasteiger partial charge >= 0.3 is 0 Å². The van der Waals surface area contributed by atoms with Gasteiger partial charge < -0.3 is 9.64 Å². The number of rotatable bonds is 3. The maximum Gasteiger partial charge on any atom is 0.147 e. The third-order valence-electron chi connectivity index (χ3n) is 5.77. The molecule has 0 amide bonds. The lowest BCUT2D eigenvalue weighted by atomic mass is 9.80. The molecule has 0 saturated heterocycles. The highest BCUT2D eigenvalue weighted by Crippen LogP contribution is 2.41.